The fraction of sp³-hybridized carbons (Fsp3) is 0. The second-order valence-corrected chi connectivity index (χ2v) is 15.6. The summed E-state index contributed by atoms with van der Waals surface area (Å²) in [5, 5.41) is 7.94. The molecule has 0 aliphatic heterocycles. The van der Waals surface area contributed by atoms with Crippen LogP contribution in [-0.4, -0.2) is 0 Å². The number of rotatable bonds is 7. The average Bonchev–Trinajstić information content (AvgIpc) is 3.93. The Morgan fingerprint density at radius 1 is 0.279 bits per heavy atom. The van der Waals surface area contributed by atoms with Gasteiger partial charge in [0.15, 0.2) is 0 Å². The Morgan fingerprint density at radius 2 is 0.705 bits per heavy atom. The molecule has 10 aromatic carbocycles. The molecule has 3 heteroatoms. The fourth-order valence-corrected chi connectivity index (χ4v) is 9.17. The molecule has 0 aliphatic carbocycles. The van der Waals surface area contributed by atoms with Crippen LogP contribution in [0.4, 0.5) is 17.1 Å². The Balaban J connectivity index is 1.03. The Bertz CT molecular complexity index is 3460. The number of hydrogen-bond donors (Lipinski definition) is 0. The third-order valence-corrected chi connectivity index (χ3v) is 12.1. The number of furan rings is 2. The molecule has 0 aliphatic rings. The van der Waals surface area contributed by atoms with Crippen molar-refractivity contribution >= 4 is 71.5 Å². The molecule has 0 unspecified atom stereocenters. The third kappa shape index (κ3) is 5.90. The molecular weight excluding hydrogens is 743 g/mol. The molecule has 2 aromatic heterocycles. The number of para-hydroxylation sites is 1. The molecule has 3 nitrogen and oxygen atoms in total. The molecule has 0 radical (unpaired) electrons. The van der Waals surface area contributed by atoms with E-state index in [1.807, 2.05) is 12.1 Å². The van der Waals surface area contributed by atoms with Crippen molar-refractivity contribution in [1.82, 2.24) is 0 Å². The lowest BCUT2D eigenvalue weighted by atomic mass is 9.92. The first kappa shape index (κ1) is 34.9. The van der Waals surface area contributed by atoms with E-state index in [1.165, 1.54) is 33.0 Å². The van der Waals surface area contributed by atoms with E-state index in [1.54, 1.807) is 0 Å². The highest BCUT2D eigenvalue weighted by Crippen LogP contribution is 2.49. The lowest BCUT2D eigenvalue weighted by molar-refractivity contribution is 0.636. The molecule has 0 N–H and O–H groups in total. The lowest BCUT2D eigenvalue weighted by Gasteiger charge is -2.26. The number of anilines is 3. The van der Waals surface area contributed by atoms with E-state index < -0.39 is 0 Å². The van der Waals surface area contributed by atoms with Crippen molar-refractivity contribution in [1.29, 1.82) is 0 Å². The SMILES string of the molecule is c1ccc(-c2ccc(N(c3ccc(-c4ccccc4)cc3)c3ccc(-c4oc5c6ccccc6c6ccccc6c5c4-c4ccc5c(c4)oc4ccccc45)cc3)cc2)cc1. The summed E-state index contributed by atoms with van der Waals surface area (Å²) in [6.45, 7) is 0. The Kier molecular flexibility index (Phi) is 8.17. The average molecular weight is 780 g/mol. The van der Waals surface area contributed by atoms with Gasteiger partial charge in [-0.25, -0.2) is 0 Å². The lowest BCUT2D eigenvalue weighted by Crippen LogP contribution is -2.09. The van der Waals surface area contributed by atoms with E-state index in [0.717, 1.165) is 83.2 Å². The summed E-state index contributed by atoms with van der Waals surface area (Å²) in [4.78, 5) is 2.32. The van der Waals surface area contributed by atoms with Gasteiger partial charge in [0.2, 0.25) is 0 Å². The van der Waals surface area contributed by atoms with Crippen LogP contribution in [0.3, 0.4) is 0 Å². The van der Waals surface area contributed by atoms with Crippen LogP contribution in [0, 0.1) is 0 Å². The van der Waals surface area contributed by atoms with E-state index in [-0.39, 0.29) is 0 Å². The zero-order chi connectivity index (χ0) is 40.3. The van der Waals surface area contributed by atoms with Crippen LogP contribution in [-0.2, 0) is 0 Å². The molecular formula is C58H37NO2. The topological polar surface area (TPSA) is 29.5 Å². The van der Waals surface area contributed by atoms with Crippen molar-refractivity contribution in [2.75, 3.05) is 4.90 Å². The number of fused-ring (bicyclic) bond motifs is 9. The van der Waals surface area contributed by atoms with Crippen LogP contribution in [0.2, 0.25) is 0 Å². The predicted octanol–water partition coefficient (Wildman–Crippen LogP) is 16.8. The smallest absolute Gasteiger partial charge is 0.143 e. The zero-order valence-electron chi connectivity index (χ0n) is 33.1. The molecule has 0 fully saturated rings. The van der Waals surface area contributed by atoms with Crippen LogP contribution in [0.5, 0.6) is 0 Å². The van der Waals surface area contributed by atoms with Crippen molar-refractivity contribution in [3.05, 3.63) is 224 Å². The molecule has 286 valence electrons. The van der Waals surface area contributed by atoms with Gasteiger partial charge in [-0.3, -0.25) is 0 Å². The van der Waals surface area contributed by atoms with Crippen molar-refractivity contribution in [3.8, 4) is 44.7 Å². The molecule has 0 saturated carbocycles. The van der Waals surface area contributed by atoms with Gasteiger partial charge in [-0.05, 0) is 111 Å². The van der Waals surface area contributed by atoms with Gasteiger partial charge in [-0.15, -0.1) is 0 Å². The van der Waals surface area contributed by atoms with Gasteiger partial charge >= 0.3 is 0 Å². The second kappa shape index (κ2) is 14.3. The van der Waals surface area contributed by atoms with Gasteiger partial charge in [0.25, 0.3) is 0 Å². The van der Waals surface area contributed by atoms with Crippen molar-refractivity contribution in [2.24, 2.45) is 0 Å². The summed E-state index contributed by atoms with van der Waals surface area (Å²) in [5.74, 6) is 0.824. The van der Waals surface area contributed by atoms with Gasteiger partial charge in [-0.1, -0.05) is 158 Å². The summed E-state index contributed by atoms with van der Waals surface area (Å²) in [5.41, 5.74) is 13.6. The van der Waals surface area contributed by atoms with E-state index in [9.17, 15) is 0 Å². The van der Waals surface area contributed by atoms with Gasteiger partial charge in [0, 0.05) is 49.7 Å². The van der Waals surface area contributed by atoms with Gasteiger partial charge in [-0.2, -0.15) is 0 Å². The minimum atomic E-state index is 0.824. The maximum absolute atomic E-state index is 7.17. The summed E-state index contributed by atoms with van der Waals surface area (Å²) in [7, 11) is 0. The Hall–Kier alpha value is -8.14. The Labute approximate surface area is 353 Å². The normalized spacial score (nSPS) is 11.6. The van der Waals surface area contributed by atoms with E-state index in [4.69, 9.17) is 8.83 Å². The van der Waals surface area contributed by atoms with Crippen LogP contribution in [0.1, 0.15) is 0 Å². The number of nitrogens with zero attached hydrogens (tertiary/aromatic N) is 1. The predicted molar refractivity (Wildman–Crippen MR) is 255 cm³/mol. The molecule has 0 atom stereocenters. The minimum Gasteiger partial charge on any atom is -0.456 e. The molecule has 0 spiro atoms. The molecule has 12 rings (SSSR count). The van der Waals surface area contributed by atoms with Gasteiger partial charge in [0.05, 0.1) is 0 Å². The third-order valence-electron chi connectivity index (χ3n) is 12.1. The maximum Gasteiger partial charge on any atom is 0.143 e. The highest BCUT2D eigenvalue weighted by Gasteiger charge is 2.24. The van der Waals surface area contributed by atoms with Crippen LogP contribution in [0.25, 0.3) is 99.2 Å². The van der Waals surface area contributed by atoms with Gasteiger partial charge in [0.1, 0.15) is 22.5 Å². The van der Waals surface area contributed by atoms with E-state index >= 15 is 0 Å². The van der Waals surface area contributed by atoms with Crippen molar-refractivity contribution in [3.63, 3.8) is 0 Å². The van der Waals surface area contributed by atoms with E-state index in [2.05, 4.69) is 217 Å². The fourth-order valence-electron chi connectivity index (χ4n) is 9.17. The van der Waals surface area contributed by atoms with Crippen LogP contribution >= 0.6 is 0 Å². The van der Waals surface area contributed by atoms with Crippen molar-refractivity contribution in [2.45, 2.75) is 0 Å². The van der Waals surface area contributed by atoms with Gasteiger partial charge < -0.3 is 13.7 Å². The highest BCUT2D eigenvalue weighted by molar-refractivity contribution is 6.28. The first-order chi connectivity index (χ1) is 30.2. The minimum absolute atomic E-state index is 0.824. The van der Waals surface area contributed by atoms with E-state index in [0.29, 0.717) is 0 Å². The molecule has 0 saturated heterocycles. The summed E-state index contributed by atoms with van der Waals surface area (Å²) < 4.78 is 13.6. The van der Waals surface area contributed by atoms with Crippen molar-refractivity contribution < 1.29 is 8.83 Å². The maximum atomic E-state index is 7.17. The second-order valence-electron chi connectivity index (χ2n) is 15.6. The number of benzene rings is 10. The standard InChI is InChI=1S/C58H37NO2/c1-3-13-38(14-4-1)40-23-30-44(31-24-40)59(45-32-25-41(26-33-45)39-15-5-2-6-16-39)46-34-27-42(28-35-46)57-55(43-29-36-50-49-19-11-12-22-53(49)60-54(50)37-43)56-51-20-9-7-17-47(51)48-18-8-10-21-52(48)58(56)61-57/h1-37H. The molecule has 0 amide bonds. The van der Waals surface area contributed by atoms with Crippen LogP contribution < -0.4 is 4.90 Å². The monoisotopic (exact) mass is 779 g/mol. The Morgan fingerprint density at radius 3 is 1.30 bits per heavy atom. The molecule has 0 bridgehead atoms. The number of hydrogen-bond acceptors (Lipinski definition) is 3. The highest BCUT2D eigenvalue weighted by atomic mass is 16.3. The summed E-state index contributed by atoms with van der Waals surface area (Å²) >= 11 is 0. The zero-order valence-corrected chi connectivity index (χ0v) is 33.1. The molecule has 2 heterocycles. The first-order valence-electron chi connectivity index (χ1n) is 20.7. The van der Waals surface area contributed by atoms with Crippen LogP contribution in [0.15, 0.2) is 233 Å². The summed E-state index contributed by atoms with van der Waals surface area (Å²) in [6.07, 6.45) is 0. The summed E-state index contributed by atoms with van der Waals surface area (Å²) in [6, 6.07) is 79.7. The first-order valence-corrected chi connectivity index (χ1v) is 20.7. The molecule has 61 heavy (non-hydrogen) atoms. The largest absolute Gasteiger partial charge is 0.456 e. The quantitative estimate of drug-likeness (QED) is 0.151. The molecule has 12 aromatic rings.